The van der Waals surface area contributed by atoms with Crippen molar-refractivity contribution in [1.82, 2.24) is 14.7 Å². The Bertz CT molecular complexity index is 1360. The van der Waals surface area contributed by atoms with Gasteiger partial charge in [-0.3, -0.25) is 4.79 Å². The summed E-state index contributed by atoms with van der Waals surface area (Å²) < 4.78 is 56.5. The van der Waals surface area contributed by atoms with Gasteiger partial charge in [0.05, 0.1) is 17.9 Å². The Hall–Kier alpha value is -2.97. The van der Waals surface area contributed by atoms with Crippen LogP contribution >= 0.6 is 0 Å². The predicted molar refractivity (Wildman–Crippen MR) is 141 cm³/mol. The number of hydrogen-bond acceptors (Lipinski definition) is 7. The molecule has 3 rings (SSSR count). The van der Waals surface area contributed by atoms with E-state index in [-0.39, 0.29) is 72.7 Å². The number of amides is 1. The smallest absolute Gasteiger partial charge is 0.550 e. The Morgan fingerprint density at radius 3 is 2.19 bits per heavy atom. The molecule has 228 valence electrons. The molecule has 1 aromatic heterocycles. The van der Waals surface area contributed by atoms with Gasteiger partial charge >= 0.3 is 35.9 Å². The van der Waals surface area contributed by atoms with Gasteiger partial charge in [-0.25, -0.2) is 9.07 Å². The Kier molecular flexibility index (Phi) is 13.2. The third-order valence-corrected chi connectivity index (χ3v) is 6.46. The summed E-state index contributed by atoms with van der Waals surface area (Å²) in [4.78, 5) is 25.7. The van der Waals surface area contributed by atoms with Crippen LogP contribution in [-0.4, -0.2) is 62.4 Å². The van der Waals surface area contributed by atoms with Crippen molar-refractivity contribution in [2.45, 2.75) is 70.6 Å². The van der Waals surface area contributed by atoms with Gasteiger partial charge in [0, 0.05) is 37.2 Å². The van der Waals surface area contributed by atoms with E-state index in [1.807, 2.05) is 13.8 Å². The molecule has 0 radical (unpaired) electrons. The first-order valence-electron chi connectivity index (χ1n) is 13.2. The molecular weight excluding hydrogens is 585 g/mol. The second-order valence-electron chi connectivity index (χ2n) is 10.3. The van der Waals surface area contributed by atoms with Crippen LogP contribution in [0.25, 0.3) is 5.69 Å². The van der Waals surface area contributed by atoms with Crippen molar-refractivity contribution >= 4 is 11.9 Å². The Morgan fingerprint density at radius 2 is 1.65 bits per heavy atom. The van der Waals surface area contributed by atoms with Crippen LogP contribution in [-0.2, 0) is 17.8 Å². The fraction of sp³-hybridized carbons (Fsp3) is 0.414. The van der Waals surface area contributed by atoms with Crippen LogP contribution in [0.4, 0.5) is 17.6 Å². The number of carbonyl (C=O) groups is 2. The molecule has 9 nitrogen and oxygen atoms in total. The summed E-state index contributed by atoms with van der Waals surface area (Å²) in [5.74, 6) is -3.00. The van der Waals surface area contributed by atoms with E-state index in [0.29, 0.717) is 22.5 Å². The molecule has 1 heterocycles. The van der Waals surface area contributed by atoms with Crippen molar-refractivity contribution < 1.29 is 76.8 Å². The van der Waals surface area contributed by atoms with Crippen LogP contribution in [0.2, 0.25) is 0 Å². The fourth-order valence-corrected chi connectivity index (χ4v) is 4.60. The van der Waals surface area contributed by atoms with Crippen LogP contribution < -0.4 is 39.4 Å². The number of nitrogens with zero attached hydrogens (tertiary/aromatic N) is 3. The first kappa shape index (κ1) is 36.2. The second kappa shape index (κ2) is 15.7. The van der Waals surface area contributed by atoms with E-state index in [9.17, 15) is 42.5 Å². The molecule has 0 saturated heterocycles. The molecule has 2 atom stereocenters. The van der Waals surface area contributed by atoms with Crippen LogP contribution in [0.5, 0.6) is 5.75 Å². The Labute approximate surface area is 268 Å². The van der Waals surface area contributed by atoms with Crippen LogP contribution in [0, 0.1) is 5.82 Å². The van der Waals surface area contributed by atoms with Crippen molar-refractivity contribution in [1.29, 1.82) is 0 Å². The summed E-state index contributed by atoms with van der Waals surface area (Å²) in [6, 6.07) is 10.6. The minimum absolute atomic E-state index is 0. The molecule has 3 aromatic rings. The van der Waals surface area contributed by atoms with Gasteiger partial charge in [-0.1, -0.05) is 26.0 Å². The third kappa shape index (κ3) is 10.6. The number of rotatable bonds is 13. The molecule has 0 aliphatic heterocycles. The topological polar surface area (TPSA) is 128 Å². The van der Waals surface area contributed by atoms with Gasteiger partial charge in [-0.2, -0.15) is 5.10 Å². The van der Waals surface area contributed by atoms with E-state index in [1.165, 1.54) is 53.0 Å². The molecule has 1 amide bonds. The van der Waals surface area contributed by atoms with Crippen LogP contribution in [0.15, 0.2) is 48.5 Å². The van der Waals surface area contributed by atoms with Gasteiger partial charge in [0.2, 0.25) is 0 Å². The molecule has 0 unspecified atom stereocenters. The van der Waals surface area contributed by atoms with Crippen molar-refractivity contribution in [2.75, 3.05) is 7.05 Å². The standard InChI is InChI=1S/C29H33F4N3O6.Na/c1-17(2)26-24(13-10-21(37)14-22(38)15-25(39)40)36(20-8-6-19(30)7-9-20)34-27(26)28(41)35(3)16-18-4-11-23(12-5-18)42-29(31,32)33;/h4-9,11-12,17,21-22,37-38H,10,13-16H2,1-3H3,(H,39,40);/q;+1/p-1/t21-,22-;/m1./s1. The summed E-state index contributed by atoms with van der Waals surface area (Å²) in [5, 5.41) is 35.7. The average Bonchev–Trinajstić information content (AvgIpc) is 3.27. The zero-order valence-electron chi connectivity index (χ0n) is 24.3. The van der Waals surface area contributed by atoms with Gasteiger partial charge in [-0.05, 0) is 67.1 Å². The van der Waals surface area contributed by atoms with Gasteiger partial charge in [0.1, 0.15) is 11.6 Å². The normalized spacial score (nSPS) is 12.9. The number of halogens is 4. The van der Waals surface area contributed by atoms with Gasteiger partial charge < -0.3 is 29.8 Å². The maximum atomic E-state index is 13.7. The minimum atomic E-state index is -4.83. The quantitative estimate of drug-likeness (QED) is 0.211. The molecule has 14 heteroatoms. The van der Waals surface area contributed by atoms with E-state index in [1.54, 1.807) is 0 Å². The number of benzene rings is 2. The molecular formula is C29H32F4N3NaO6. The number of aliphatic carboxylic acids is 1. The number of carbonyl (C=O) groups excluding carboxylic acids is 2. The Balaban J connectivity index is 0.00000645. The molecule has 2 N–H and O–H groups in total. The summed E-state index contributed by atoms with van der Waals surface area (Å²) in [7, 11) is 1.52. The first-order chi connectivity index (χ1) is 19.6. The van der Waals surface area contributed by atoms with E-state index < -0.39 is 42.7 Å². The number of aromatic nitrogens is 2. The van der Waals surface area contributed by atoms with Gasteiger partial charge in [0.15, 0.2) is 5.69 Å². The van der Waals surface area contributed by atoms with E-state index >= 15 is 0 Å². The monoisotopic (exact) mass is 617 g/mol. The minimum Gasteiger partial charge on any atom is -0.550 e. The third-order valence-electron chi connectivity index (χ3n) is 6.46. The van der Waals surface area contributed by atoms with Crippen molar-refractivity contribution in [2.24, 2.45) is 0 Å². The van der Waals surface area contributed by atoms with E-state index in [0.717, 1.165) is 12.1 Å². The van der Waals surface area contributed by atoms with Crippen LogP contribution in [0.1, 0.15) is 66.3 Å². The molecule has 0 fully saturated rings. The van der Waals surface area contributed by atoms with Crippen LogP contribution in [0.3, 0.4) is 0 Å². The zero-order valence-corrected chi connectivity index (χ0v) is 26.3. The largest absolute Gasteiger partial charge is 1.00 e. The van der Waals surface area contributed by atoms with Gasteiger partial charge in [-0.15, -0.1) is 13.2 Å². The number of aliphatic hydroxyl groups is 2. The Morgan fingerprint density at radius 1 is 1.05 bits per heavy atom. The molecule has 0 aliphatic carbocycles. The first-order valence-corrected chi connectivity index (χ1v) is 13.2. The summed E-state index contributed by atoms with van der Waals surface area (Å²) in [6.45, 7) is 3.76. The SMILES string of the molecule is CC(C)c1c(C(=O)N(C)Cc2ccc(OC(F)(F)F)cc2)nn(-c2ccc(F)cc2)c1CC[C@@H](O)C[C@@H](O)CC(=O)[O-].[Na+]. The average molecular weight is 618 g/mol. The molecule has 0 aliphatic rings. The molecule has 43 heavy (non-hydrogen) atoms. The zero-order chi connectivity index (χ0) is 31.2. The molecule has 0 bridgehead atoms. The number of aliphatic hydroxyl groups excluding tert-OH is 2. The summed E-state index contributed by atoms with van der Waals surface area (Å²) >= 11 is 0. The summed E-state index contributed by atoms with van der Waals surface area (Å²) in [6.07, 6.45) is -7.71. The van der Waals surface area contributed by atoms with E-state index in [2.05, 4.69) is 9.84 Å². The second-order valence-corrected chi connectivity index (χ2v) is 10.3. The summed E-state index contributed by atoms with van der Waals surface area (Å²) in [5.41, 5.74) is 2.25. The fourth-order valence-electron chi connectivity index (χ4n) is 4.60. The maximum Gasteiger partial charge on any atom is 1.00 e. The number of carboxylic acids is 1. The molecule has 2 aromatic carbocycles. The number of hydrogen-bond donors (Lipinski definition) is 2. The number of carboxylic acid groups (broad SMARTS) is 1. The molecule has 0 saturated carbocycles. The molecule has 0 spiro atoms. The van der Waals surface area contributed by atoms with Gasteiger partial charge in [0.25, 0.3) is 5.91 Å². The number of ether oxygens (including phenoxy) is 1. The van der Waals surface area contributed by atoms with Crippen molar-refractivity contribution in [3.63, 3.8) is 0 Å². The maximum absolute atomic E-state index is 13.7. The van der Waals surface area contributed by atoms with Crippen molar-refractivity contribution in [3.05, 3.63) is 76.9 Å². The van der Waals surface area contributed by atoms with E-state index in [4.69, 9.17) is 0 Å². The predicted octanol–water partition coefficient (Wildman–Crippen LogP) is 0.494. The number of alkyl halides is 3. The van der Waals surface area contributed by atoms with Crippen molar-refractivity contribution in [3.8, 4) is 11.4 Å².